The van der Waals surface area contributed by atoms with E-state index in [0.717, 1.165) is 13.2 Å². The minimum Gasteiger partial charge on any atom is -0.307 e. The van der Waals surface area contributed by atoms with Crippen molar-refractivity contribution in [2.24, 2.45) is 5.92 Å². The van der Waals surface area contributed by atoms with Crippen LogP contribution in [0.15, 0.2) is 12.7 Å². The summed E-state index contributed by atoms with van der Waals surface area (Å²) in [7, 11) is 1.98. The predicted molar refractivity (Wildman–Crippen MR) is 55.1 cm³/mol. The van der Waals surface area contributed by atoms with Crippen LogP contribution in [0.1, 0.15) is 20.8 Å². The molecule has 0 rings (SSSR count). The van der Waals surface area contributed by atoms with E-state index in [9.17, 15) is 0 Å². The summed E-state index contributed by atoms with van der Waals surface area (Å²) < 4.78 is 0. The zero-order valence-electron chi connectivity index (χ0n) is 8.80. The highest BCUT2D eigenvalue weighted by Crippen LogP contribution is 2.03. The summed E-state index contributed by atoms with van der Waals surface area (Å²) in [4.78, 5) is 2.37. The van der Waals surface area contributed by atoms with Crippen molar-refractivity contribution in [2.75, 3.05) is 20.3 Å². The average Bonchev–Trinajstić information content (AvgIpc) is 2.01. The number of nitrogens with zero attached hydrogens (tertiary/aromatic N) is 1. The Kier molecular flexibility index (Phi) is 6.03. The first-order valence-corrected chi connectivity index (χ1v) is 4.63. The Bertz CT molecular complexity index is 121. The summed E-state index contributed by atoms with van der Waals surface area (Å²) in [5.74, 6) is 0.709. The van der Waals surface area contributed by atoms with Crippen LogP contribution in [0, 0.1) is 5.92 Å². The van der Waals surface area contributed by atoms with Gasteiger partial charge in [0.05, 0.1) is 0 Å². The van der Waals surface area contributed by atoms with Crippen molar-refractivity contribution >= 4 is 0 Å². The van der Waals surface area contributed by atoms with E-state index < -0.39 is 0 Å². The third-order valence-corrected chi connectivity index (χ3v) is 1.88. The topological polar surface area (TPSA) is 15.3 Å². The molecule has 72 valence electrons. The zero-order valence-corrected chi connectivity index (χ0v) is 8.80. The van der Waals surface area contributed by atoms with Gasteiger partial charge in [-0.3, -0.25) is 4.90 Å². The Labute approximate surface area is 76.6 Å². The van der Waals surface area contributed by atoms with Gasteiger partial charge in [0.2, 0.25) is 0 Å². The van der Waals surface area contributed by atoms with Crippen LogP contribution in [-0.2, 0) is 0 Å². The van der Waals surface area contributed by atoms with Gasteiger partial charge in [-0.1, -0.05) is 19.9 Å². The molecule has 0 bridgehead atoms. The lowest BCUT2D eigenvalue weighted by atomic mass is 10.2. The maximum Gasteiger partial charge on any atom is 0.0483 e. The molecular weight excluding hydrogens is 148 g/mol. The second-order valence-corrected chi connectivity index (χ2v) is 3.65. The molecule has 0 aliphatic rings. The fourth-order valence-electron chi connectivity index (χ4n) is 1.20. The van der Waals surface area contributed by atoms with Crippen molar-refractivity contribution in [2.45, 2.75) is 26.8 Å². The van der Waals surface area contributed by atoms with Crippen LogP contribution in [0.3, 0.4) is 0 Å². The first-order valence-electron chi connectivity index (χ1n) is 4.63. The van der Waals surface area contributed by atoms with E-state index in [1.165, 1.54) is 0 Å². The molecule has 0 aliphatic carbocycles. The van der Waals surface area contributed by atoms with Crippen molar-refractivity contribution in [1.29, 1.82) is 0 Å². The Balaban J connectivity index is 3.93. The van der Waals surface area contributed by atoms with Crippen molar-refractivity contribution in [3.8, 4) is 0 Å². The van der Waals surface area contributed by atoms with E-state index in [-0.39, 0.29) is 0 Å². The second kappa shape index (κ2) is 6.21. The molecule has 0 aromatic rings. The van der Waals surface area contributed by atoms with E-state index >= 15 is 0 Å². The van der Waals surface area contributed by atoms with Gasteiger partial charge in [-0.05, 0) is 19.9 Å². The molecular formula is C10H22N2. The highest BCUT2D eigenvalue weighted by molar-refractivity contribution is 4.83. The zero-order chi connectivity index (χ0) is 9.56. The summed E-state index contributed by atoms with van der Waals surface area (Å²) >= 11 is 0. The highest BCUT2D eigenvalue weighted by Gasteiger charge is 2.10. The van der Waals surface area contributed by atoms with Crippen LogP contribution in [0.2, 0.25) is 0 Å². The Morgan fingerprint density at radius 1 is 1.42 bits per heavy atom. The van der Waals surface area contributed by atoms with Crippen LogP contribution in [0.5, 0.6) is 0 Å². The van der Waals surface area contributed by atoms with E-state index in [1.807, 2.05) is 13.1 Å². The number of nitrogens with one attached hydrogen (secondary N) is 1. The first kappa shape index (κ1) is 11.7. The summed E-state index contributed by atoms with van der Waals surface area (Å²) in [5.41, 5.74) is 0. The minimum atomic E-state index is 0.458. The molecule has 1 N–H and O–H groups in total. The van der Waals surface area contributed by atoms with Crippen molar-refractivity contribution < 1.29 is 0 Å². The lowest BCUT2D eigenvalue weighted by molar-refractivity contribution is 0.204. The smallest absolute Gasteiger partial charge is 0.0483 e. The Morgan fingerprint density at radius 2 is 2.00 bits per heavy atom. The third-order valence-electron chi connectivity index (χ3n) is 1.88. The van der Waals surface area contributed by atoms with Gasteiger partial charge >= 0.3 is 0 Å². The SMILES string of the molecule is C=CC(C)N(CNC)CC(C)C. The molecule has 2 nitrogen and oxygen atoms in total. The highest BCUT2D eigenvalue weighted by atomic mass is 15.2. The van der Waals surface area contributed by atoms with Crippen molar-refractivity contribution in [3.05, 3.63) is 12.7 Å². The lowest BCUT2D eigenvalue weighted by Crippen LogP contribution is -2.40. The fraction of sp³-hybridized carbons (Fsp3) is 0.800. The molecule has 0 amide bonds. The fourth-order valence-corrected chi connectivity index (χ4v) is 1.20. The predicted octanol–water partition coefficient (Wildman–Crippen LogP) is 1.70. The van der Waals surface area contributed by atoms with Crippen LogP contribution in [-0.4, -0.2) is 31.2 Å². The van der Waals surface area contributed by atoms with Gasteiger partial charge in [0.1, 0.15) is 0 Å². The molecule has 0 saturated heterocycles. The molecule has 2 heteroatoms. The molecule has 0 aromatic heterocycles. The van der Waals surface area contributed by atoms with Gasteiger partial charge in [0.15, 0.2) is 0 Å². The lowest BCUT2D eigenvalue weighted by Gasteiger charge is -2.28. The summed E-state index contributed by atoms with van der Waals surface area (Å²) in [6.07, 6.45) is 1.99. The van der Waals surface area contributed by atoms with Gasteiger partial charge in [-0.2, -0.15) is 0 Å². The van der Waals surface area contributed by atoms with Crippen molar-refractivity contribution in [3.63, 3.8) is 0 Å². The van der Waals surface area contributed by atoms with Gasteiger partial charge in [0, 0.05) is 19.3 Å². The first-order chi connectivity index (χ1) is 5.61. The van der Waals surface area contributed by atoms with E-state index in [2.05, 4.69) is 37.6 Å². The summed E-state index contributed by atoms with van der Waals surface area (Å²) in [5, 5.41) is 3.17. The molecule has 0 saturated carbocycles. The maximum absolute atomic E-state index is 3.80. The normalized spacial score (nSPS) is 13.8. The molecule has 1 atom stereocenters. The molecule has 0 spiro atoms. The number of hydrogen-bond donors (Lipinski definition) is 1. The largest absolute Gasteiger partial charge is 0.307 e. The molecule has 0 heterocycles. The van der Waals surface area contributed by atoms with Crippen LogP contribution in [0.4, 0.5) is 0 Å². The average molecular weight is 170 g/mol. The van der Waals surface area contributed by atoms with Crippen molar-refractivity contribution in [1.82, 2.24) is 10.2 Å². The molecule has 12 heavy (non-hydrogen) atoms. The van der Waals surface area contributed by atoms with Gasteiger partial charge in [-0.15, -0.1) is 6.58 Å². The molecule has 0 aliphatic heterocycles. The molecule has 0 aromatic carbocycles. The molecule has 0 fully saturated rings. The van der Waals surface area contributed by atoms with E-state index in [0.29, 0.717) is 12.0 Å². The van der Waals surface area contributed by atoms with Crippen LogP contribution in [0.25, 0.3) is 0 Å². The summed E-state index contributed by atoms with van der Waals surface area (Å²) in [6, 6.07) is 0.458. The number of rotatable bonds is 6. The van der Waals surface area contributed by atoms with Crippen LogP contribution >= 0.6 is 0 Å². The van der Waals surface area contributed by atoms with E-state index in [4.69, 9.17) is 0 Å². The summed E-state index contributed by atoms with van der Waals surface area (Å²) in [6.45, 7) is 12.5. The van der Waals surface area contributed by atoms with Gasteiger partial charge in [-0.25, -0.2) is 0 Å². The monoisotopic (exact) mass is 170 g/mol. The minimum absolute atomic E-state index is 0.458. The number of hydrogen-bond acceptors (Lipinski definition) is 2. The van der Waals surface area contributed by atoms with Gasteiger partial charge in [0.25, 0.3) is 0 Å². The van der Waals surface area contributed by atoms with Gasteiger partial charge < -0.3 is 5.32 Å². The quantitative estimate of drug-likeness (QED) is 0.482. The standard InChI is InChI=1S/C10H22N2/c1-6-10(4)12(8-11-5)7-9(2)3/h6,9-11H,1,7-8H2,2-5H3. The van der Waals surface area contributed by atoms with Crippen LogP contribution < -0.4 is 5.32 Å². The molecule has 1 unspecified atom stereocenters. The Hall–Kier alpha value is -0.340. The second-order valence-electron chi connectivity index (χ2n) is 3.65. The Morgan fingerprint density at radius 3 is 2.33 bits per heavy atom. The maximum atomic E-state index is 3.80. The third kappa shape index (κ3) is 4.52. The van der Waals surface area contributed by atoms with E-state index in [1.54, 1.807) is 0 Å². The molecule has 0 radical (unpaired) electrons.